The van der Waals surface area contributed by atoms with Crippen LogP contribution in [-0.4, -0.2) is 23.0 Å². The van der Waals surface area contributed by atoms with Gasteiger partial charge in [0.25, 0.3) is 5.56 Å². The number of H-pyrrole nitrogens is 1. The number of aromatic amines is 1. The van der Waals surface area contributed by atoms with Gasteiger partial charge >= 0.3 is 6.18 Å². The van der Waals surface area contributed by atoms with Gasteiger partial charge in [-0.2, -0.15) is 13.2 Å². The molecule has 1 amide bonds. The van der Waals surface area contributed by atoms with Crippen molar-refractivity contribution in [3.63, 3.8) is 0 Å². The zero-order chi connectivity index (χ0) is 23.8. The van der Waals surface area contributed by atoms with Crippen LogP contribution < -0.4 is 15.6 Å². The molecular weight excluding hydrogens is 437 g/mol. The third kappa shape index (κ3) is 4.27. The van der Waals surface area contributed by atoms with E-state index >= 15 is 0 Å². The van der Waals surface area contributed by atoms with Gasteiger partial charge in [-0.25, -0.2) is 13.8 Å². The van der Waals surface area contributed by atoms with Crippen molar-refractivity contribution in [2.45, 2.75) is 32.0 Å². The summed E-state index contributed by atoms with van der Waals surface area (Å²) in [5.74, 6) is -4.66. The molecule has 2 N–H and O–H groups in total. The number of alkyl halides is 3. The SMILES string of the molecule is COc1nccc2[nH]c(=O)c([C@H](C)C(=O)N[C@@H](C)c3ccc(F)cc3F)c(C(F)(F)F)c12. The molecule has 32 heavy (non-hydrogen) atoms. The number of pyridine rings is 2. The Morgan fingerprint density at radius 3 is 2.47 bits per heavy atom. The minimum atomic E-state index is -5.01. The van der Waals surface area contributed by atoms with Crippen LogP contribution in [0.5, 0.6) is 5.88 Å². The van der Waals surface area contributed by atoms with Crippen LogP contribution in [0.4, 0.5) is 22.0 Å². The van der Waals surface area contributed by atoms with Crippen LogP contribution in [0.25, 0.3) is 10.9 Å². The third-order valence-electron chi connectivity index (χ3n) is 5.02. The molecule has 2 aromatic heterocycles. The zero-order valence-corrected chi connectivity index (χ0v) is 17.1. The topological polar surface area (TPSA) is 84.1 Å². The number of amides is 1. The van der Waals surface area contributed by atoms with E-state index in [9.17, 15) is 31.5 Å². The first-order chi connectivity index (χ1) is 15.0. The van der Waals surface area contributed by atoms with E-state index in [-0.39, 0.29) is 17.0 Å². The maximum absolute atomic E-state index is 14.1. The molecule has 11 heteroatoms. The van der Waals surface area contributed by atoms with Gasteiger partial charge in [-0.3, -0.25) is 9.59 Å². The Labute approximate surface area is 178 Å². The van der Waals surface area contributed by atoms with Crippen molar-refractivity contribution in [1.29, 1.82) is 0 Å². The third-order valence-corrected chi connectivity index (χ3v) is 5.02. The molecule has 0 aliphatic carbocycles. The molecule has 0 aliphatic heterocycles. The molecule has 0 radical (unpaired) electrons. The summed E-state index contributed by atoms with van der Waals surface area (Å²) in [6.45, 7) is 2.50. The van der Waals surface area contributed by atoms with E-state index in [1.54, 1.807) is 0 Å². The number of hydrogen-bond donors (Lipinski definition) is 2. The fraction of sp³-hybridized carbons (Fsp3) is 0.286. The van der Waals surface area contributed by atoms with Crippen molar-refractivity contribution in [3.05, 3.63) is 69.1 Å². The van der Waals surface area contributed by atoms with Gasteiger partial charge < -0.3 is 15.0 Å². The summed E-state index contributed by atoms with van der Waals surface area (Å²) >= 11 is 0. The molecular formula is C21H18F5N3O3. The Hall–Kier alpha value is -3.50. The number of aromatic nitrogens is 2. The number of nitrogens with zero attached hydrogens (tertiary/aromatic N) is 1. The molecule has 1 aromatic carbocycles. The molecule has 0 aliphatic rings. The summed E-state index contributed by atoms with van der Waals surface area (Å²) in [5, 5.41) is 1.88. The van der Waals surface area contributed by atoms with Crippen LogP contribution in [0.2, 0.25) is 0 Å². The predicted octanol–water partition coefficient (Wildman–Crippen LogP) is 4.21. The largest absolute Gasteiger partial charge is 0.480 e. The number of fused-ring (bicyclic) bond motifs is 1. The zero-order valence-electron chi connectivity index (χ0n) is 17.1. The second kappa shape index (κ2) is 8.56. The lowest BCUT2D eigenvalue weighted by Gasteiger charge is -2.22. The molecule has 2 heterocycles. The van der Waals surface area contributed by atoms with Crippen LogP contribution in [0.15, 0.2) is 35.3 Å². The number of benzene rings is 1. The Kier molecular flexibility index (Phi) is 6.20. The molecule has 0 bridgehead atoms. The number of carbonyl (C=O) groups excluding carboxylic acids is 1. The van der Waals surface area contributed by atoms with Crippen molar-refractivity contribution in [3.8, 4) is 5.88 Å². The molecule has 3 rings (SSSR count). The number of rotatable bonds is 5. The van der Waals surface area contributed by atoms with Gasteiger partial charge in [0.05, 0.1) is 35.5 Å². The van der Waals surface area contributed by atoms with Gasteiger partial charge in [-0.05, 0) is 26.0 Å². The lowest BCUT2D eigenvalue weighted by atomic mass is 9.93. The van der Waals surface area contributed by atoms with E-state index in [0.717, 1.165) is 26.2 Å². The lowest BCUT2D eigenvalue weighted by Crippen LogP contribution is -2.35. The average molecular weight is 455 g/mol. The molecule has 0 fully saturated rings. The Balaban J connectivity index is 2.09. The van der Waals surface area contributed by atoms with Gasteiger partial charge in [0.1, 0.15) is 11.6 Å². The number of carbonyl (C=O) groups is 1. The number of halogens is 5. The molecule has 3 aromatic rings. The average Bonchev–Trinajstić information content (AvgIpc) is 2.70. The monoisotopic (exact) mass is 455 g/mol. The highest BCUT2D eigenvalue weighted by atomic mass is 19.4. The second-order valence-electron chi connectivity index (χ2n) is 7.10. The highest BCUT2D eigenvalue weighted by molar-refractivity contribution is 5.91. The Morgan fingerprint density at radius 2 is 1.88 bits per heavy atom. The number of nitrogens with one attached hydrogen (secondary N) is 2. The fourth-order valence-electron chi connectivity index (χ4n) is 3.49. The maximum atomic E-state index is 14.1. The summed E-state index contributed by atoms with van der Waals surface area (Å²) in [5.41, 5.74) is -3.51. The van der Waals surface area contributed by atoms with Crippen molar-refractivity contribution < 1.29 is 31.5 Å². The van der Waals surface area contributed by atoms with E-state index in [1.165, 1.54) is 19.2 Å². The number of hydrogen-bond acceptors (Lipinski definition) is 4. The van der Waals surface area contributed by atoms with E-state index in [0.29, 0.717) is 6.07 Å². The van der Waals surface area contributed by atoms with Crippen molar-refractivity contribution in [2.24, 2.45) is 0 Å². The summed E-state index contributed by atoms with van der Waals surface area (Å²) in [7, 11) is 1.13. The maximum Gasteiger partial charge on any atom is 0.417 e. The second-order valence-corrected chi connectivity index (χ2v) is 7.10. The van der Waals surface area contributed by atoms with Gasteiger partial charge in [0.15, 0.2) is 0 Å². The van der Waals surface area contributed by atoms with Crippen LogP contribution in [0.3, 0.4) is 0 Å². The van der Waals surface area contributed by atoms with Crippen molar-refractivity contribution >= 4 is 16.8 Å². The minimum absolute atomic E-state index is 0.0683. The highest BCUT2D eigenvalue weighted by Gasteiger charge is 2.41. The summed E-state index contributed by atoms with van der Waals surface area (Å²) in [4.78, 5) is 31.4. The summed E-state index contributed by atoms with van der Waals surface area (Å²) < 4.78 is 74.3. The fourth-order valence-corrected chi connectivity index (χ4v) is 3.49. The van der Waals surface area contributed by atoms with E-state index in [2.05, 4.69) is 15.3 Å². The molecule has 0 spiro atoms. The normalized spacial score (nSPS) is 13.6. The van der Waals surface area contributed by atoms with E-state index in [1.807, 2.05) is 0 Å². The minimum Gasteiger partial charge on any atom is -0.480 e. The van der Waals surface area contributed by atoms with Crippen LogP contribution in [0.1, 0.15) is 42.5 Å². The number of methoxy groups -OCH3 is 1. The first-order valence-corrected chi connectivity index (χ1v) is 9.37. The van der Waals surface area contributed by atoms with Gasteiger partial charge in [0, 0.05) is 23.4 Å². The lowest BCUT2D eigenvalue weighted by molar-refractivity contribution is -0.137. The first kappa shape index (κ1) is 23.2. The van der Waals surface area contributed by atoms with Crippen LogP contribution in [-0.2, 0) is 11.0 Å². The van der Waals surface area contributed by atoms with E-state index in [4.69, 9.17) is 4.74 Å². The molecule has 0 saturated heterocycles. The molecule has 170 valence electrons. The molecule has 0 saturated carbocycles. The smallest absolute Gasteiger partial charge is 0.417 e. The molecule has 2 atom stereocenters. The quantitative estimate of drug-likeness (QED) is 0.565. The number of ether oxygens (including phenoxy) is 1. The highest BCUT2D eigenvalue weighted by Crippen LogP contribution is 2.40. The van der Waals surface area contributed by atoms with Gasteiger partial charge in [0.2, 0.25) is 11.8 Å². The van der Waals surface area contributed by atoms with Crippen LogP contribution in [0, 0.1) is 11.6 Å². The van der Waals surface area contributed by atoms with Crippen molar-refractivity contribution in [1.82, 2.24) is 15.3 Å². The summed E-state index contributed by atoms with van der Waals surface area (Å²) in [6, 6.07) is 2.90. The predicted molar refractivity (Wildman–Crippen MR) is 105 cm³/mol. The van der Waals surface area contributed by atoms with Crippen molar-refractivity contribution in [2.75, 3.05) is 7.11 Å². The molecule has 0 unspecified atom stereocenters. The Bertz CT molecular complexity index is 1240. The molecule has 6 nitrogen and oxygen atoms in total. The van der Waals surface area contributed by atoms with Crippen LogP contribution >= 0.6 is 0 Å². The first-order valence-electron chi connectivity index (χ1n) is 9.37. The standard InChI is InChI=1S/C21H18F5N3O3/c1-9(18(30)28-10(2)12-5-4-11(22)8-13(12)23)15-17(21(24,25)26)16-14(29-19(15)31)6-7-27-20(16)32-3/h4-10H,1-3H3,(H,28,30)(H,29,31)/t9-,10-/m0/s1. The van der Waals surface area contributed by atoms with Gasteiger partial charge in [-0.15, -0.1) is 0 Å². The summed E-state index contributed by atoms with van der Waals surface area (Å²) in [6.07, 6.45) is -3.84. The van der Waals surface area contributed by atoms with E-state index < -0.39 is 57.8 Å². The Morgan fingerprint density at radius 1 is 1.19 bits per heavy atom. The van der Waals surface area contributed by atoms with Gasteiger partial charge in [-0.1, -0.05) is 6.07 Å².